The summed E-state index contributed by atoms with van der Waals surface area (Å²) >= 11 is 5.67. The van der Waals surface area contributed by atoms with Crippen LogP contribution in [0.4, 0.5) is 10.2 Å². The Morgan fingerprint density at radius 1 is 1.39 bits per heavy atom. The first-order valence-electron chi connectivity index (χ1n) is 5.34. The maximum Gasteiger partial charge on any atom is 0.130 e. The highest BCUT2D eigenvalue weighted by atomic mass is 35.5. The molecular weight excluding hydrogens is 255 g/mol. The van der Waals surface area contributed by atoms with Crippen molar-refractivity contribution in [2.75, 3.05) is 5.73 Å². The summed E-state index contributed by atoms with van der Waals surface area (Å²) in [6.45, 7) is 1.78. The van der Waals surface area contributed by atoms with Crippen LogP contribution in [0.15, 0.2) is 30.5 Å². The summed E-state index contributed by atoms with van der Waals surface area (Å²) in [5.41, 5.74) is 7.02. The van der Waals surface area contributed by atoms with Crippen LogP contribution < -0.4 is 5.73 Å². The zero-order chi connectivity index (χ0) is 13.3. The second-order valence-corrected chi connectivity index (χ2v) is 4.43. The fourth-order valence-electron chi connectivity index (χ4n) is 1.83. The molecule has 0 saturated carbocycles. The molecule has 1 heterocycles. The zero-order valence-corrected chi connectivity index (χ0v) is 10.4. The van der Waals surface area contributed by atoms with Crippen molar-refractivity contribution in [1.29, 1.82) is 0 Å². The van der Waals surface area contributed by atoms with Crippen LogP contribution in [0.5, 0.6) is 0 Å². The molecule has 0 spiro atoms. The molecule has 3 nitrogen and oxygen atoms in total. The number of aliphatic hydroxyl groups is 1. The van der Waals surface area contributed by atoms with Crippen LogP contribution in [0, 0.1) is 12.7 Å². The highest BCUT2D eigenvalue weighted by Gasteiger charge is 2.20. The van der Waals surface area contributed by atoms with Crippen molar-refractivity contribution in [3.63, 3.8) is 0 Å². The lowest BCUT2D eigenvalue weighted by Crippen LogP contribution is -2.09. The van der Waals surface area contributed by atoms with Gasteiger partial charge in [0.25, 0.3) is 0 Å². The second kappa shape index (κ2) is 4.92. The molecule has 0 bridgehead atoms. The summed E-state index contributed by atoms with van der Waals surface area (Å²) in [4.78, 5) is 3.90. The molecular formula is C13H12ClFN2O. The Hall–Kier alpha value is -1.65. The van der Waals surface area contributed by atoms with Crippen molar-refractivity contribution in [3.05, 3.63) is 58.0 Å². The number of aryl methyl sites for hydroxylation is 1. The number of aliphatic hydroxyl groups excluding tert-OH is 1. The Balaban J connectivity index is 2.51. The molecule has 2 rings (SSSR count). The highest BCUT2D eigenvalue weighted by Crippen LogP contribution is 2.30. The molecule has 5 heteroatoms. The molecule has 0 aliphatic rings. The van der Waals surface area contributed by atoms with Gasteiger partial charge in [-0.05, 0) is 30.7 Å². The molecule has 0 aliphatic carbocycles. The second-order valence-electron chi connectivity index (χ2n) is 4.00. The van der Waals surface area contributed by atoms with Crippen molar-refractivity contribution in [3.8, 4) is 0 Å². The average molecular weight is 267 g/mol. The minimum atomic E-state index is -1.16. The highest BCUT2D eigenvalue weighted by molar-refractivity contribution is 6.30. The van der Waals surface area contributed by atoms with Crippen LogP contribution in [0.25, 0.3) is 0 Å². The smallest absolute Gasteiger partial charge is 0.130 e. The van der Waals surface area contributed by atoms with E-state index in [2.05, 4.69) is 4.98 Å². The zero-order valence-electron chi connectivity index (χ0n) is 9.69. The number of hydrogen-bond acceptors (Lipinski definition) is 3. The summed E-state index contributed by atoms with van der Waals surface area (Å²) in [5, 5.41) is 10.5. The first kappa shape index (κ1) is 12.8. The molecule has 1 aromatic carbocycles. The molecule has 2 aromatic rings. The third-order valence-corrected chi connectivity index (χ3v) is 3.00. The summed E-state index contributed by atoms with van der Waals surface area (Å²) in [6, 6.07) is 5.82. The van der Waals surface area contributed by atoms with E-state index < -0.39 is 11.9 Å². The Kier molecular flexibility index (Phi) is 3.50. The normalized spacial score (nSPS) is 12.4. The SMILES string of the molecule is Cc1ccnc(N)c1C(O)c1ccc(Cl)cc1F. The van der Waals surface area contributed by atoms with E-state index in [1.807, 2.05) is 0 Å². The summed E-state index contributed by atoms with van der Waals surface area (Å²) in [7, 11) is 0. The number of aromatic nitrogens is 1. The van der Waals surface area contributed by atoms with Crippen molar-refractivity contribution < 1.29 is 9.50 Å². The number of nitrogen functional groups attached to an aromatic ring is 1. The van der Waals surface area contributed by atoms with Gasteiger partial charge in [-0.1, -0.05) is 17.7 Å². The van der Waals surface area contributed by atoms with Crippen LogP contribution in [-0.4, -0.2) is 10.1 Å². The van der Waals surface area contributed by atoms with Crippen LogP contribution in [-0.2, 0) is 0 Å². The lowest BCUT2D eigenvalue weighted by atomic mass is 9.98. The van der Waals surface area contributed by atoms with E-state index in [4.69, 9.17) is 17.3 Å². The number of pyridine rings is 1. The van der Waals surface area contributed by atoms with Crippen LogP contribution >= 0.6 is 11.6 Å². The molecule has 1 aromatic heterocycles. The van der Waals surface area contributed by atoms with Gasteiger partial charge in [0.05, 0.1) is 0 Å². The van der Waals surface area contributed by atoms with Gasteiger partial charge in [0.15, 0.2) is 0 Å². The maximum atomic E-state index is 13.7. The molecule has 1 atom stereocenters. The van der Waals surface area contributed by atoms with Gasteiger partial charge in [0.2, 0.25) is 0 Å². The molecule has 18 heavy (non-hydrogen) atoms. The van der Waals surface area contributed by atoms with Gasteiger partial charge >= 0.3 is 0 Å². The average Bonchev–Trinajstić information content (AvgIpc) is 2.28. The van der Waals surface area contributed by atoms with Gasteiger partial charge in [-0.2, -0.15) is 0 Å². The van der Waals surface area contributed by atoms with Gasteiger partial charge in [-0.3, -0.25) is 0 Å². The Morgan fingerprint density at radius 2 is 2.11 bits per heavy atom. The Labute approximate surface area is 109 Å². The van der Waals surface area contributed by atoms with E-state index in [1.165, 1.54) is 12.1 Å². The lowest BCUT2D eigenvalue weighted by molar-refractivity contribution is 0.214. The number of rotatable bonds is 2. The van der Waals surface area contributed by atoms with Crippen molar-refractivity contribution in [2.24, 2.45) is 0 Å². The third kappa shape index (κ3) is 2.30. The Bertz CT molecular complexity index is 569. The number of nitrogens with two attached hydrogens (primary N) is 1. The number of anilines is 1. The largest absolute Gasteiger partial charge is 0.383 e. The van der Waals surface area contributed by atoms with E-state index >= 15 is 0 Å². The molecule has 0 aliphatic heterocycles. The summed E-state index contributed by atoms with van der Waals surface area (Å²) in [6.07, 6.45) is 0.384. The first-order chi connectivity index (χ1) is 8.50. The van der Waals surface area contributed by atoms with Gasteiger partial charge < -0.3 is 10.8 Å². The third-order valence-electron chi connectivity index (χ3n) is 2.77. The number of hydrogen-bond donors (Lipinski definition) is 2. The minimum absolute atomic E-state index is 0.127. The fraction of sp³-hybridized carbons (Fsp3) is 0.154. The molecule has 0 radical (unpaired) electrons. The number of benzene rings is 1. The first-order valence-corrected chi connectivity index (χ1v) is 5.72. The van der Waals surface area contributed by atoms with E-state index in [-0.39, 0.29) is 16.4 Å². The summed E-state index contributed by atoms with van der Waals surface area (Å²) in [5.74, 6) is -0.380. The van der Waals surface area contributed by atoms with E-state index in [0.717, 1.165) is 11.6 Å². The van der Waals surface area contributed by atoms with Crippen molar-refractivity contribution in [1.82, 2.24) is 4.98 Å². The fourth-order valence-corrected chi connectivity index (χ4v) is 1.98. The molecule has 94 valence electrons. The molecule has 0 fully saturated rings. The number of halogens is 2. The monoisotopic (exact) mass is 266 g/mol. The Morgan fingerprint density at radius 3 is 2.72 bits per heavy atom. The standard InChI is InChI=1S/C13H12ClFN2O/c1-7-4-5-17-13(16)11(7)12(18)9-3-2-8(14)6-10(9)15/h2-6,12,18H,1H3,(H2,16,17). The maximum absolute atomic E-state index is 13.7. The van der Waals surface area contributed by atoms with E-state index in [9.17, 15) is 9.50 Å². The predicted molar refractivity (Wildman–Crippen MR) is 68.9 cm³/mol. The topological polar surface area (TPSA) is 59.1 Å². The lowest BCUT2D eigenvalue weighted by Gasteiger charge is -2.16. The van der Waals surface area contributed by atoms with E-state index in [0.29, 0.717) is 5.56 Å². The predicted octanol–water partition coefficient (Wildman–Crippen LogP) is 2.85. The molecule has 0 saturated heterocycles. The van der Waals surface area contributed by atoms with Gasteiger partial charge in [0.1, 0.15) is 17.7 Å². The van der Waals surface area contributed by atoms with Gasteiger partial charge in [-0.15, -0.1) is 0 Å². The molecule has 3 N–H and O–H groups in total. The minimum Gasteiger partial charge on any atom is -0.383 e. The van der Waals surface area contributed by atoms with Gasteiger partial charge in [-0.25, -0.2) is 9.37 Å². The van der Waals surface area contributed by atoms with Crippen LogP contribution in [0.1, 0.15) is 22.8 Å². The molecule has 0 amide bonds. The van der Waals surface area contributed by atoms with Crippen LogP contribution in [0.3, 0.4) is 0 Å². The van der Waals surface area contributed by atoms with Crippen molar-refractivity contribution in [2.45, 2.75) is 13.0 Å². The van der Waals surface area contributed by atoms with E-state index in [1.54, 1.807) is 19.2 Å². The molecule has 1 unspecified atom stereocenters. The number of nitrogens with zero attached hydrogens (tertiary/aromatic N) is 1. The van der Waals surface area contributed by atoms with Gasteiger partial charge in [0, 0.05) is 22.3 Å². The quantitative estimate of drug-likeness (QED) is 0.879. The van der Waals surface area contributed by atoms with Crippen molar-refractivity contribution >= 4 is 17.4 Å². The summed E-state index contributed by atoms with van der Waals surface area (Å²) < 4.78 is 13.7. The van der Waals surface area contributed by atoms with Crippen LogP contribution in [0.2, 0.25) is 5.02 Å².